The second-order valence-electron chi connectivity index (χ2n) is 8.20. The predicted molar refractivity (Wildman–Crippen MR) is 134 cm³/mol. The van der Waals surface area contributed by atoms with Crippen LogP contribution in [0.1, 0.15) is 41.4 Å². The summed E-state index contributed by atoms with van der Waals surface area (Å²) in [4.78, 5) is 47.8. The third-order valence-corrected chi connectivity index (χ3v) is 5.72. The molecule has 0 bridgehead atoms. The van der Waals surface area contributed by atoms with Crippen LogP contribution >= 0.6 is 0 Å². The van der Waals surface area contributed by atoms with E-state index >= 15 is 0 Å². The number of aryl methyl sites for hydroxylation is 1. The van der Waals surface area contributed by atoms with Gasteiger partial charge in [-0.05, 0) is 31.0 Å². The third-order valence-electron chi connectivity index (χ3n) is 5.72. The lowest BCUT2D eigenvalue weighted by Crippen LogP contribution is -2.41. The molecule has 0 spiro atoms. The van der Waals surface area contributed by atoms with Crippen LogP contribution in [0.4, 0.5) is 11.5 Å². The zero-order valence-corrected chi connectivity index (χ0v) is 19.2. The number of nitrogens with one attached hydrogen (secondary N) is 1. The molecule has 174 valence electrons. The van der Waals surface area contributed by atoms with Crippen molar-refractivity contribution in [1.29, 1.82) is 0 Å². The largest absolute Gasteiger partial charge is 0.383 e. The number of nitrogens with two attached hydrogens (primary N) is 1. The topological polar surface area (TPSA) is 114 Å². The molecular weight excluding hydrogens is 430 g/mol. The minimum atomic E-state index is -0.699. The zero-order chi connectivity index (χ0) is 24.2. The van der Waals surface area contributed by atoms with Gasteiger partial charge in [-0.15, -0.1) is 0 Å². The van der Waals surface area contributed by atoms with Crippen LogP contribution in [0.2, 0.25) is 0 Å². The highest BCUT2D eigenvalue weighted by molar-refractivity contribution is 6.14. The summed E-state index contributed by atoms with van der Waals surface area (Å²) in [6.07, 6.45) is 1.55. The molecular formula is C26H27N5O3. The van der Waals surface area contributed by atoms with Crippen LogP contribution < -0.4 is 21.9 Å². The van der Waals surface area contributed by atoms with Gasteiger partial charge in [0.25, 0.3) is 11.5 Å². The van der Waals surface area contributed by atoms with Gasteiger partial charge in [-0.2, -0.15) is 0 Å². The molecule has 4 aromatic rings. The van der Waals surface area contributed by atoms with E-state index < -0.39 is 17.2 Å². The molecule has 2 aromatic carbocycles. The number of amides is 1. The zero-order valence-electron chi connectivity index (χ0n) is 19.2. The van der Waals surface area contributed by atoms with E-state index in [0.717, 1.165) is 12.0 Å². The first kappa shape index (κ1) is 23.0. The van der Waals surface area contributed by atoms with Gasteiger partial charge in [-0.25, -0.2) is 4.79 Å². The number of carbonyl (C=O) groups excluding carboxylic acids is 1. The summed E-state index contributed by atoms with van der Waals surface area (Å²) < 4.78 is 1.32. The Morgan fingerprint density at radius 2 is 1.79 bits per heavy atom. The first-order valence-electron chi connectivity index (χ1n) is 11.3. The van der Waals surface area contributed by atoms with Gasteiger partial charge in [-0.1, -0.05) is 61.9 Å². The summed E-state index contributed by atoms with van der Waals surface area (Å²) in [7, 11) is 0. The summed E-state index contributed by atoms with van der Waals surface area (Å²) in [5.41, 5.74) is 7.63. The van der Waals surface area contributed by atoms with Crippen LogP contribution in [-0.4, -0.2) is 20.4 Å². The van der Waals surface area contributed by atoms with Crippen LogP contribution in [-0.2, 0) is 13.1 Å². The number of para-hydroxylation sites is 1. The normalized spacial score (nSPS) is 11.0. The van der Waals surface area contributed by atoms with Crippen LogP contribution in [0.5, 0.6) is 0 Å². The van der Waals surface area contributed by atoms with Crippen molar-refractivity contribution in [3.63, 3.8) is 0 Å². The Bertz CT molecular complexity index is 1460. The van der Waals surface area contributed by atoms with Crippen molar-refractivity contribution in [3.05, 3.63) is 98.3 Å². The highest BCUT2D eigenvalue weighted by Gasteiger charge is 2.27. The number of nitrogens with zero attached hydrogens (tertiary/aromatic N) is 3. The van der Waals surface area contributed by atoms with E-state index in [1.54, 1.807) is 6.07 Å². The molecule has 0 atom stereocenters. The molecule has 0 unspecified atom stereocenters. The van der Waals surface area contributed by atoms with Gasteiger partial charge in [0.2, 0.25) is 0 Å². The number of H-pyrrole nitrogens is 1. The number of aromatic amines is 1. The fraction of sp³-hybridized carbons (Fsp3) is 0.231. The van der Waals surface area contributed by atoms with Crippen molar-refractivity contribution in [2.75, 3.05) is 10.6 Å². The van der Waals surface area contributed by atoms with Crippen LogP contribution in [0, 0.1) is 6.92 Å². The molecule has 0 aliphatic heterocycles. The van der Waals surface area contributed by atoms with Gasteiger partial charge in [0, 0.05) is 17.6 Å². The fourth-order valence-corrected chi connectivity index (χ4v) is 4.02. The van der Waals surface area contributed by atoms with E-state index in [4.69, 9.17) is 5.73 Å². The number of pyridine rings is 1. The van der Waals surface area contributed by atoms with Crippen molar-refractivity contribution in [1.82, 2.24) is 14.5 Å². The Balaban J connectivity index is 1.93. The molecule has 0 radical (unpaired) electrons. The molecule has 0 aliphatic rings. The molecule has 2 heterocycles. The molecule has 1 amide bonds. The van der Waals surface area contributed by atoms with E-state index in [2.05, 4.69) is 9.97 Å². The summed E-state index contributed by atoms with van der Waals surface area (Å²) in [6.45, 7) is 4.26. The van der Waals surface area contributed by atoms with Gasteiger partial charge >= 0.3 is 5.69 Å². The van der Waals surface area contributed by atoms with E-state index in [1.165, 1.54) is 9.47 Å². The number of anilines is 2. The minimum absolute atomic E-state index is 0.0263. The van der Waals surface area contributed by atoms with Gasteiger partial charge in [-0.3, -0.25) is 29.0 Å². The van der Waals surface area contributed by atoms with Crippen LogP contribution in [0.15, 0.2) is 70.3 Å². The van der Waals surface area contributed by atoms with Crippen LogP contribution in [0.3, 0.4) is 0 Å². The number of nitrogen functional groups attached to an aromatic ring is 1. The summed E-state index contributed by atoms with van der Waals surface area (Å²) >= 11 is 0. The third kappa shape index (κ3) is 4.47. The maximum Gasteiger partial charge on any atom is 0.330 e. The second-order valence-corrected chi connectivity index (χ2v) is 8.20. The molecule has 0 saturated heterocycles. The van der Waals surface area contributed by atoms with Gasteiger partial charge in [0.15, 0.2) is 5.69 Å². The first-order valence-corrected chi connectivity index (χ1v) is 11.3. The number of hydrogen-bond donors (Lipinski definition) is 2. The average molecular weight is 458 g/mol. The monoisotopic (exact) mass is 457 g/mol. The highest BCUT2D eigenvalue weighted by atomic mass is 16.2. The summed E-state index contributed by atoms with van der Waals surface area (Å²) in [5.74, 6) is -0.426. The molecule has 34 heavy (non-hydrogen) atoms. The number of benzene rings is 2. The highest BCUT2D eigenvalue weighted by Crippen LogP contribution is 2.26. The molecule has 0 aliphatic carbocycles. The number of rotatable bonds is 7. The molecule has 4 rings (SSSR count). The Hall–Kier alpha value is -4.20. The molecule has 0 saturated carbocycles. The molecule has 0 fully saturated rings. The molecule has 2 aromatic heterocycles. The summed E-state index contributed by atoms with van der Waals surface area (Å²) in [5, 5.41) is 0.672. The number of carbonyl (C=O) groups is 1. The van der Waals surface area contributed by atoms with Crippen molar-refractivity contribution < 1.29 is 4.79 Å². The number of aromatic nitrogens is 3. The van der Waals surface area contributed by atoms with E-state index in [1.807, 2.05) is 68.4 Å². The fourth-order valence-electron chi connectivity index (χ4n) is 4.02. The maximum absolute atomic E-state index is 14.0. The Morgan fingerprint density at radius 1 is 1.09 bits per heavy atom. The Kier molecular flexibility index (Phi) is 6.58. The van der Waals surface area contributed by atoms with Gasteiger partial charge in [0.05, 0.1) is 17.6 Å². The quantitative estimate of drug-likeness (QED) is 0.440. The van der Waals surface area contributed by atoms with E-state index in [-0.39, 0.29) is 18.1 Å². The van der Waals surface area contributed by atoms with Crippen LogP contribution in [0.25, 0.3) is 10.9 Å². The minimum Gasteiger partial charge on any atom is -0.383 e. The molecule has 8 heteroatoms. The lowest BCUT2D eigenvalue weighted by Gasteiger charge is -2.25. The van der Waals surface area contributed by atoms with Gasteiger partial charge in [0.1, 0.15) is 5.82 Å². The van der Waals surface area contributed by atoms with E-state index in [9.17, 15) is 14.4 Å². The Labute approximate surface area is 196 Å². The lowest BCUT2D eigenvalue weighted by atomic mass is 10.1. The number of hydrogen-bond acceptors (Lipinski definition) is 5. The summed E-state index contributed by atoms with van der Waals surface area (Å²) in [6, 6.07) is 18.4. The standard InChI is InChI=1S/C26H27N5O3/c1-3-4-14-30-23(27)22(24(32)29-26(30)34)31(16-18-10-6-5-7-11-18)25(33)20-15-17(2)28-21-13-9-8-12-19(20)21/h5-13,15H,3-4,14,16,27H2,1-2H3,(H,29,32,34). The maximum atomic E-state index is 14.0. The second kappa shape index (κ2) is 9.74. The van der Waals surface area contributed by atoms with Crippen molar-refractivity contribution in [3.8, 4) is 0 Å². The lowest BCUT2D eigenvalue weighted by molar-refractivity contribution is 0.0986. The predicted octanol–water partition coefficient (Wildman–Crippen LogP) is 3.62. The van der Waals surface area contributed by atoms with E-state index in [0.29, 0.717) is 35.1 Å². The number of fused-ring (bicyclic) bond motifs is 1. The van der Waals surface area contributed by atoms with Crippen molar-refractivity contribution in [2.24, 2.45) is 0 Å². The average Bonchev–Trinajstić information content (AvgIpc) is 2.82. The van der Waals surface area contributed by atoms with Crippen molar-refractivity contribution in [2.45, 2.75) is 39.8 Å². The first-order chi connectivity index (χ1) is 16.4. The molecule has 8 nitrogen and oxygen atoms in total. The SMILES string of the molecule is CCCCn1c(N)c(N(Cc2ccccc2)C(=O)c2cc(C)nc3ccccc23)c(=O)[nH]c1=O. The van der Waals surface area contributed by atoms with Gasteiger partial charge < -0.3 is 5.73 Å². The Morgan fingerprint density at radius 3 is 2.53 bits per heavy atom. The van der Waals surface area contributed by atoms with Crippen molar-refractivity contribution >= 4 is 28.3 Å². The smallest absolute Gasteiger partial charge is 0.330 e. The number of unbranched alkanes of at least 4 members (excludes halogenated alkanes) is 1. The molecule has 3 N–H and O–H groups in total.